The standard InChI is InChI=1S/C13H26N2O2.ClH/c1-11(14)12-7-3-5-9-15(12)13(16)8-4-6-10-17-2;/h11-12H,3-10,14H2,1-2H3;1H. The van der Waals surface area contributed by atoms with Crippen LogP contribution < -0.4 is 5.73 Å². The zero-order valence-corrected chi connectivity index (χ0v) is 12.4. The van der Waals surface area contributed by atoms with Crippen LogP contribution in [0.5, 0.6) is 0 Å². The quantitative estimate of drug-likeness (QED) is 0.756. The first-order valence-corrected chi connectivity index (χ1v) is 6.70. The molecule has 4 nitrogen and oxygen atoms in total. The lowest BCUT2D eigenvalue weighted by atomic mass is 9.96. The van der Waals surface area contributed by atoms with Gasteiger partial charge in [0.2, 0.25) is 5.91 Å². The smallest absolute Gasteiger partial charge is 0.222 e. The maximum atomic E-state index is 12.1. The Balaban J connectivity index is 0.00000289. The Morgan fingerprint density at radius 3 is 2.78 bits per heavy atom. The fourth-order valence-electron chi connectivity index (χ4n) is 2.48. The molecule has 108 valence electrons. The topological polar surface area (TPSA) is 55.6 Å². The third-order valence-corrected chi connectivity index (χ3v) is 3.47. The van der Waals surface area contributed by atoms with Crippen molar-refractivity contribution in [2.24, 2.45) is 5.73 Å². The summed E-state index contributed by atoms with van der Waals surface area (Å²) in [5, 5.41) is 0. The lowest BCUT2D eigenvalue weighted by Crippen LogP contribution is -2.51. The van der Waals surface area contributed by atoms with Crippen LogP contribution in [0.4, 0.5) is 0 Å². The number of nitrogens with two attached hydrogens (primary N) is 1. The molecule has 0 aliphatic carbocycles. The molecule has 0 aromatic carbocycles. The molecule has 1 aliphatic rings. The van der Waals surface area contributed by atoms with Crippen molar-refractivity contribution in [3.8, 4) is 0 Å². The Morgan fingerprint density at radius 2 is 2.17 bits per heavy atom. The van der Waals surface area contributed by atoms with Gasteiger partial charge >= 0.3 is 0 Å². The van der Waals surface area contributed by atoms with E-state index in [4.69, 9.17) is 10.5 Å². The molecule has 0 aromatic rings. The number of hydrogen-bond donors (Lipinski definition) is 1. The number of piperidine rings is 1. The Bertz CT molecular complexity index is 237. The van der Waals surface area contributed by atoms with Gasteiger partial charge in [-0.15, -0.1) is 12.4 Å². The highest BCUT2D eigenvalue weighted by Gasteiger charge is 2.28. The monoisotopic (exact) mass is 278 g/mol. The maximum Gasteiger partial charge on any atom is 0.222 e. The Labute approximate surface area is 117 Å². The number of unbranched alkanes of at least 4 members (excludes halogenated alkanes) is 1. The third kappa shape index (κ3) is 5.55. The number of rotatable bonds is 6. The Morgan fingerprint density at radius 1 is 1.44 bits per heavy atom. The second-order valence-corrected chi connectivity index (χ2v) is 4.96. The van der Waals surface area contributed by atoms with Crippen LogP contribution in [0, 0.1) is 0 Å². The first-order valence-electron chi connectivity index (χ1n) is 6.70. The van der Waals surface area contributed by atoms with Gasteiger partial charge in [-0.1, -0.05) is 0 Å². The minimum Gasteiger partial charge on any atom is -0.385 e. The minimum atomic E-state index is 0. The van der Waals surface area contributed by atoms with Gasteiger partial charge in [0.1, 0.15) is 0 Å². The van der Waals surface area contributed by atoms with Crippen molar-refractivity contribution in [2.45, 2.75) is 57.5 Å². The average Bonchev–Trinajstić information content (AvgIpc) is 2.34. The summed E-state index contributed by atoms with van der Waals surface area (Å²) >= 11 is 0. The van der Waals surface area contributed by atoms with Crippen LogP contribution in [0.2, 0.25) is 0 Å². The predicted molar refractivity (Wildman–Crippen MR) is 76.0 cm³/mol. The molecule has 1 aliphatic heterocycles. The summed E-state index contributed by atoms with van der Waals surface area (Å²) in [5.41, 5.74) is 5.96. The number of likely N-dealkylation sites (tertiary alicyclic amines) is 1. The van der Waals surface area contributed by atoms with Gasteiger partial charge in [-0.2, -0.15) is 0 Å². The number of carbonyl (C=O) groups is 1. The van der Waals surface area contributed by atoms with E-state index >= 15 is 0 Å². The van der Waals surface area contributed by atoms with Gasteiger partial charge in [-0.3, -0.25) is 4.79 Å². The molecular weight excluding hydrogens is 252 g/mol. The van der Waals surface area contributed by atoms with E-state index < -0.39 is 0 Å². The van der Waals surface area contributed by atoms with Crippen molar-refractivity contribution in [2.75, 3.05) is 20.3 Å². The number of ether oxygens (including phenoxy) is 1. The molecule has 5 heteroatoms. The van der Waals surface area contributed by atoms with E-state index in [0.29, 0.717) is 6.42 Å². The SMILES string of the molecule is COCCCCC(=O)N1CCCCC1C(C)N.Cl. The van der Waals surface area contributed by atoms with Crippen molar-refractivity contribution in [1.82, 2.24) is 4.90 Å². The Hall–Kier alpha value is -0.320. The van der Waals surface area contributed by atoms with Gasteiger partial charge in [0.15, 0.2) is 0 Å². The summed E-state index contributed by atoms with van der Waals surface area (Å²) < 4.78 is 4.98. The zero-order chi connectivity index (χ0) is 12.7. The van der Waals surface area contributed by atoms with E-state index in [1.807, 2.05) is 11.8 Å². The second kappa shape index (κ2) is 9.59. The van der Waals surface area contributed by atoms with Crippen LogP contribution in [0.1, 0.15) is 45.4 Å². The molecule has 1 amide bonds. The number of carbonyl (C=O) groups excluding carboxylic acids is 1. The molecule has 1 fully saturated rings. The molecular formula is C13H27ClN2O2. The van der Waals surface area contributed by atoms with Crippen LogP contribution in [-0.4, -0.2) is 43.2 Å². The summed E-state index contributed by atoms with van der Waals surface area (Å²) in [7, 11) is 1.69. The van der Waals surface area contributed by atoms with Crippen LogP contribution in [0.25, 0.3) is 0 Å². The molecule has 0 saturated carbocycles. The lowest BCUT2D eigenvalue weighted by Gasteiger charge is -2.38. The largest absolute Gasteiger partial charge is 0.385 e. The van der Waals surface area contributed by atoms with E-state index in [1.54, 1.807) is 7.11 Å². The minimum absolute atomic E-state index is 0. The van der Waals surface area contributed by atoms with Gasteiger partial charge in [-0.05, 0) is 39.0 Å². The molecule has 2 N–H and O–H groups in total. The summed E-state index contributed by atoms with van der Waals surface area (Å²) in [6.07, 6.45) is 5.87. The lowest BCUT2D eigenvalue weighted by molar-refractivity contribution is -0.135. The number of nitrogens with zero attached hydrogens (tertiary/aromatic N) is 1. The highest BCUT2D eigenvalue weighted by atomic mass is 35.5. The third-order valence-electron chi connectivity index (χ3n) is 3.47. The zero-order valence-electron chi connectivity index (χ0n) is 11.6. The first-order chi connectivity index (χ1) is 8.16. The number of hydrogen-bond acceptors (Lipinski definition) is 3. The summed E-state index contributed by atoms with van der Waals surface area (Å²) in [6, 6.07) is 0.330. The molecule has 18 heavy (non-hydrogen) atoms. The molecule has 2 unspecified atom stereocenters. The molecule has 2 atom stereocenters. The van der Waals surface area contributed by atoms with E-state index in [0.717, 1.165) is 38.8 Å². The summed E-state index contributed by atoms with van der Waals surface area (Å²) in [6.45, 7) is 3.63. The highest BCUT2D eigenvalue weighted by Crippen LogP contribution is 2.20. The summed E-state index contributed by atoms with van der Waals surface area (Å²) in [4.78, 5) is 14.1. The first kappa shape index (κ1) is 17.7. The second-order valence-electron chi connectivity index (χ2n) is 4.96. The van der Waals surface area contributed by atoms with E-state index in [9.17, 15) is 4.79 Å². The van der Waals surface area contributed by atoms with Gasteiger partial charge < -0.3 is 15.4 Å². The van der Waals surface area contributed by atoms with Crippen molar-refractivity contribution in [3.05, 3.63) is 0 Å². The van der Waals surface area contributed by atoms with Gasteiger partial charge in [0.25, 0.3) is 0 Å². The number of amides is 1. The molecule has 0 spiro atoms. The normalized spacial score (nSPS) is 21.3. The van der Waals surface area contributed by atoms with Gasteiger partial charge in [-0.25, -0.2) is 0 Å². The molecule has 1 rings (SSSR count). The van der Waals surface area contributed by atoms with E-state index in [2.05, 4.69) is 0 Å². The van der Waals surface area contributed by atoms with E-state index in [-0.39, 0.29) is 30.4 Å². The van der Waals surface area contributed by atoms with Gasteiger partial charge in [0.05, 0.1) is 0 Å². The van der Waals surface area contributed by atoms with Crippen LogP contribution >= 0.6 is 12.4 Å². The average molecular weight is 279 g/mol. The molecule has 0 bridgehead atoms. The van der Waals surface area contributed by atoms with Crippen LogP contribution in [0.3, 0.4) is 0 Å². The van der Waals surface area contributed by atoms with Crippen molar-refractivity contribution in [1.29, 1.82) is 0 Å². The molecule has 1 saturated heterocycles. The van der Waals surface area contributed by atoms with Crippen molar-refractivity contribution in [3.63, 3.8) is 0 Å². The van der Waals surface area contributed by atoms with Gasteiger partial charge in [0, 0.05) is 38.8 Å². The fraction of sp³-hybridized carbons (Fsp3) is 0.923. The fourth-order valence-corrected chi connectivity index (χ4v) is 2.48. The highest BCUT2D eigenvalue weighted by molar-refractivity contribution is 5.85. The van der Waals surface area contributed by atoms with Crippen LogP contribution in [0.15, 0.2) is 0 Å². The Kier molecular flexibility index (Phi) is 9.42. The molecule has 0 aromatic heterocycles. The maximum absolute atomic E-state index is 12.1. The molecule has 0 radical (unpaired) electrons. The van der Waals surface area contributed by atoms with Crippen molar-refractivity contribution >= 4 is 18.3 Å². The van der Waals surface area contributed by atoms with Crippen molar-refractivity contribution < 1.29 is 9.53 Å². The predicted octanol–water partition coefficient (Wildman–Crippen LogP) is 1.95. The number of halogens is 1. The van der Waals surface area contributed by atoms with Crippen LogP contribution in [-0.2, 0) is 9.53 Å². The molecule has 1 heterocycles. The summed E-state index contributed by atoms with van der Waals surface area (Å²) in [5.74, 6) is 0.267. The van der Waals surface area contributed by atoms with E-state index in [1.165, 1.54) is 6.42 Å². The number of methoxy groups -OCH3 is 1.